The molecule has 0 radical (unpaired) electrons. The summed E-state index contributed by atoms with van der Waals surface area (Å²) in [4.78, 5) is 4.55. The minimum atomic E-state index is -0.149. The molecule has 7 nitrogen and oxygen atoms in total. The van der Waals surface area contributed by atoms with Gasteiger partial charge in [-0.1, -0.05) is 23.4 Å². The molecule has 3 aromatic rings. The van der Waals surface area contributed by atoms with E-state index in [0.717, 1.165) is 23.4 Å². The van der Waals surface area contributed by atoms with Crippen LogP contribution in [0.3, 0.4) is 0 Å². The Balaban J connectivity index is 1.61. The van der Waals surface area contributed by atoms with Crippen LogP contribution in [-0.4, -0.2) is 33.1 Å². The molecule has 1 aliphatic heterocycles. The Bertz CT molecular complexity index is 810. The molecule has 1 aromatic carbocycles. The van der Waals surface area contributed by atoms with Crippen LogP contribution in [0.5, 0.6) is 5.75 Å². The third-order valence-electron chi connectivity index (χ3n) is 3.79. The molecule has 0 saturated heterocycles. The Morgan fingerprint density at radius 3 is 3.13 bits per heavy atom. The van der Waals surface area contributed by atoms with Gasteiger partial charge >= 0.3 is 0 Å². The number of rotatable bonds is 3. The summed E-state index contributed by atoms with van der Waals surface area (Å²) in [6, 6.07) is 7.77. The number of benzene rings is 1. The molecule has 0 saturated carbocycles. The van der Waals surface area contributed by atoms with Gasteiger partial charge in [-0.3, -0.25) is 10.00 Å². The van der Waals surface area contributed by atoms with E-state index in [9.17, 15) is 0 Å². The molecular weight excluding hydrogens is 294 g/mol. The van der Waals surface area contributed by atoms with Crippen molar-refractivity contribution in [3.8, 4) is 5.75 Å². The van der Waals surface area contributed by atoms with Crippen molar-refractivity contribution in [1.29, 1.82) is 0 Å². The van der Waals surface area contributed by atoms with Crippen molar-refractivity contribution in [1.82, 2.24) is 25.2 Å². The minimum absolute atomic E-state index is 0.149. The fourth-order valence-electron chi connectivity index (χ4n) is 2.75. The molecule has 1 N–H and O–H groups in total. The summed E-state index contributed by atoms with van der Waals surface area (Å²) in [5, 5.41) is 11.6. The topological polar surface area (TPSA) is 78.0 Å². The number of hydrogen-bond acceptors (Lipinski definition) is 6. The minimum Gasteiger partial charge on any atom is -0.492 e. The Labute approximate surface area is 133 Å². The maximum atomic E-state index is 5.74. The first kappa shape index (κ1) is 14.0. The zero-order chi connectivity index (χ0) is 15.6. The zero-order valence-electron chi connectivity index (χ0n) is 12.8. The van der Waals surface area contributed by atoms with Gasteiger partial charge in [-0.25, -0.2) is 0 Å². The number of aromatic nitrogens is 4. The maximum absolute atomic E-state index is 5.74. The quantitative estimate of drug-likeness (QED) is 0.789. The van der Waals surface area contributed by atoms with Crippen LogP contribution in [0, 0.1) is 0 Å². The normalized spacial score (nSPS) is 17.3. The summed E-state index contributed by atoms with van der Waals surface area (Å²) in [5.74, 6) is 2.06. The van der Waals surface area contributed by atoms with E-state index in [4.69, 9.17) is 9.26 Å². The van der Waals surface area contributed by atoms with Crippen LogP contribution in [0.4, 0.5) is 0 Å². The van der Waals surface area contributed by atoms with E-state index < -0.39 is 0 Å². The van der Waals surface area contributed by atoms with Crippen molar-refractivity contribution >= 4 is 0 Å². The molecule has 23 heavy (non-hydrogen) atoms. The van der Waals surface area contributed by atoms with Crippen molar-refractivity contribution in [2.24, 2.45) is 7.05 Å². The predicted molar refractivity (Wildman–Crippen MR) is 82.1 cm³/mol. The molecule has 4 rings (SSSR count). The molecule has 0 aliphatic carbocycles. The molecule has 0 bridgehead atoms. The lowest BCUT2D eigenvalue weighted by Crippen LogP contribution is -2.24. The molecule has 2 aromatic heterocycles. The number of ether oxygens (including phenoxy) is 1. The molecule has 7 heteroatoms. The predicted octanol–water partition coefficient (Wildman–Crippen LogP) is 1.47. The number of nitrogens with one attached hydrogen (secondary N) is 1. The lowest BCUT2D eigenvalue weighted by Gasteiger charge is -2.12. The molecule has 0 spiro atoms. The van der Waals surface area contributed by atoms with Crippen LogP contribution in [-0.2, 0) is 13.5 Å². The van der Waals surface area contributed by atoms with Crippen LogP contribution < -0.4 is 10.1 Å². The summed E-state index contributed by atoms with van der Waals surface area (Å²) in [5.41, 5.74) is 2.07. The summed E-state index contributed by atoms with van der Waals surface area (Å²) in [6.45, 7) is 1.34. The van der Waals surface area contributed by atoms with Gasteiger partial charge in [0.25, 0.3) is 0 Å². The van der Waals surface area contributed by atoms with Gasteiger partial charge in [0, 0.05) is 31.8 Å². The van der Waals surface area contributed by atoms with E-state index in [1.807, 2.05) is 43.7 Å². The van der Waals surface area contributed by atoms with Crippen molar-refractivity contribution in [3.63, 3.8) is 0 Å². The largest absolute Gasteiger partial charge is 0.492 e. The van der Waals surface area contributed by atoms with Gasteiger partial charge in [0.1, 0.15) is 18.4 Å². The molecule has 0 fully saturated rings. The molecule has 118 valence electrons. The van der Waals surface area contributed by atoms with Crippen molar-refractivity contribution in [2.45, 2.75) is 12.5 Å². The van der Waals surface area contributed by atoms with Crippen LogP contribution in [0.25, 0.3) is 0 Å². The monoisotopic (exact) mass is 311 g/mol. The fourth-order valence-corrected chi connectivity index (χ4v) is 2.75. The number of nitrogens with zero attached hydrogens (tertiary/aromatic N) is 4. The first-order valence-electron chi connectivity index (χ1n) is 7.55. The maximum Gasteiger partial charge on any atom is 0.248 e. The van der Waals surface area contributed by atoms with E-state index in [1.54, 1.807) is 4.68 Å². The second-order valence-electron chi connectivity index (χ2n) is 5.52. The average molecular weight is 311 g/mol. The van der Waals surface area contributed by atoms with E-state index in [-0.39, 0.29) is 6.04 Å². The van der Waals surface area contributed by atoms with Gasteiger partial charge in [0.2, 0.25) is 5.89 Å². The number of para-hydroxylation sites is 1. The van der Waals surface area contributed by atoms with Gasteiger partial charge in [-0.05, 0) is 11.6 Å². The van der Waals surface area contributed by atoms with Crippen LogP contribution in [0.15, 0.2) is 41.2 Å². The average Bonchev–Trinajstić information content (AvgIpc) is 3.12. The van der Waals surface area contributed by atoms with Gasteiger partial charge in [0.05, 0.1) is 6.20 Å². The van der Waals surface area contributed by atoms with Gasteiger partial charge in [-0.2, -0.15) is 10.1 Å². The van der Waals surface area contributed by atoms with Crippen LogP contribution in [0.2, 0.25) is 0 Å². The van der Waals surface area contributed by atoms with E-state index >= 15 is 0 Å². The van der Waals surface area contributed by atoms with E-state index in [1.165, 1.54) is 0 Å². The molecule has 1 aliphatic rings. The molecule has 1 atom stereocenters. The van der Waals surface area contributed by atoms with Gasteiger partial charge in [-0.15, -0.1) is 0 Å². The molecule has 0 amide bonds. The lowest BCUT2D eigenvalue weighted by molar-refractivity contribution is 0.320. The second kappa shape index (κ2) is 5.85. The lowest BCUT2D eigenvalue weighted by atomic mass is 10.1. The molecule has 3 heterocycles. The fraction of sp³-hybridized carbons (Fsp3) is 0.312. The third kappa shape index (κ3) is 2.83. The van der Waals surface area contributed by atoms with Crippen molar-refractivity contribution < 1.29 is 9.26 Å². The first-order valence-corrected chi connectivity index (χ1v) is 7.55. The number of aryl methyl sites for hydroxylation is 1. The summed E-state index contributed by atoms with van der Waals surface area (Å²) < 4.78 is 13.0. The van der Waals surface area contributed by atoms with Crippen LogP contribution >= 0.6 is 0 Å². The van der Waals surface area contributed by atoms with Gasteiger partial charge < -0.3 is 9.26 Å². The Hall–Kier alpha value is -2.67. The van der Waals surface area contributed by atoms with E-state index in [2.05, 4.69) is 20.6 Å². The SMILES string of the molecule is Cn1cc(Cc2noc(C3NCCOc4ccccc43)n2)cn1. The third-order valence-corrected chi connectivity index (χ3v) is 3.79. The van der Waals surface area contributed by atoms with Crippen LogP contribution in [0.1, 0.15) is 28.9 Å². The molecule has 1 unspecified atom stereocenters. The summed E-state index contributed by atoms with van der Waals surface area (Å²) >= 11 is 0. The standard InChI is InChI=1S/C16H17N5O2/c1-21-10-11(9-18-21)8-14-19-16(23-20-14)15-12-4-2-3-5-13(12)22-7-6-17-15/h2-5,9-10,15,17H,6-8H2,1H3. The molecular formula is C16H17N5O2. The first-order chi connectivity index (χ1) is 11.3. The second-order valence-corrected chi connectivity index (χ2v) is 5.52. The number of fused-ring (bicyclic) bond motifs is 1. The highest BCUT2D eigenvalue weighted by atomic mass is 16.5. The number of hydrogen-bond donors (Lipinski definition) is 1. The smallest absolute Gasteiger partial charge is 0.248 e. The highest BCUT2D eigenvalue weighted by molar-refractivity contribution is 5.39. The summed E-state index contributed by atoms with van der Waals surface area (Å²) in [6.07, 6.45) is 4.36. The Morgan fingerprint density at radius 2 is 2.26 bits per heavy atom. The van der Waals surface area contributed by atoms with E-state index in [0.29, 0.717) is 24.7 Å². The van der Waals surface area contributed by atoms with Crippen molar-refractivity contribution in [2.75, 3.05) is 13.2 Å². The Kier molecular flexibility index (Phi) is 3.55. The zero-order valence-corrected chi connectivity index (χ0v) is 12.8. The summed E-state index contributed by atoms with van der Waals surface area (Å²) in [7, 11) is 1.89. The van der Waals surface area contributed by atoms with Crippen molar-refractivity contribution in [3.05, 3.63) is 59.5 Å². The highest BCUT2D eigenvalue weighted by Gasteiger charge is 2.25. The van der Waals surface area contributed by atoms with Gasteiger partial charge in [0.15, 0.2) is 5.82 Å². The Morgan fingerprint density at radius 1 is 1.35 bits per heavy atom. The highest BCUT2D eigenvalue weighted by Crippen LogP contribution is 2.30.